The third-order valence-electron chi connectivity index (χ3n) is 6.89. The molecule has 2 saturated heterocycles. The predicted octanol–water partition coefficient (Wildman–Crippen LogP) is 3.56. The molecule has 2 aromatic heterocycles. The van der Waals surface area contributed by atoms with Crippen LogP contribution < -0.4 is 15.1 Å². The fourth-order valence-electron chi connectivity index (χ4n) is 4.82. The van der Waals surface area contributed by atoms with E-state index < -0.39 is 9.84 Å². The number of sulfone groups is 1. The molecule has 1 atom stereocenters. The van der Waals surface area contributed by atoms with Gasteiger partial charge in [0.25, 0.3) is 5.91 Å². The third kappa shape index (κ3) is 5.70. The average Bonchev–Trinajstić information content (AvgIpc) is 3.48. The fourth-order valence-corrected chi connectivity index (χ4v) is 7.37. The Balaban J connectivity index is 1.38. The van der Waals surface area contributed by atoms with Crippen LogP contribution in [-0.4, -0.2) is 68.8 Å². The zero-order chi connectivity index (χ0) is 26.2. The van der Waals surface area contributed by atoms with Crippen molar-refractivity contribution in [3.8, 4) is 10.6 Å². The molecule has 1 amide bonds. The molecule has 194 valence electrons. The Labute approximate surface area is 221 Å². The first kappa shape index (κ1) is 25.4. The minimum Gasteiger partial charge on any atom is -0.368 e. The van der Waals surface area contributed by atoms with Crippen LogP contribution in [0, 0.1) is 6.92 Å². The Morgan fingerprint density at radius 3 is 2.32 bits per heavy atom. The standard InChI is InChI=1S/C27H30N4O4S2/c1-18-15-25(36-16-18)24-8-7-23(27(33)28-21-9-14-37(34,35)17-21)26(29-24)31-12-10-30(11-13-31)22-5-3-20(4-6-22)19(2)32/h3-8,15-16,21H,9-14,17H2,1-2H3,(H,28,33)/t21-/m0/s1. The molecule has 0 saturated carbocycles. The highest BCUT2D eigenvalue weighted by Gasteiger charge is 2.31. The van der Waals surface area contributed by atoms with Crippen molar-refractivity contribution in [3.63, 3.8) is 0 Å². The van der Waals surface area contributed by atoms with Crippen molar-refractivity contribution in [2.75, 3.05) is 47.5 Å². The first-order chi connectivity index (χ1) is 17.7. The van der Waals surface area contributed by atoms with Crippen molar-refractivity contribution in [3.05, 3.63) is 64.5 Å². The number of ketones is 1. The summed E-state index contributed by atoms with van der Waals surface area (Å²) in [6, 6.07) is 13.0. The maximum atomic E-state index is 13.3. The monoisotopic (exact) mass is 538 g/mol. The van der Waals surface area contributed by atoms with Crippen LogP contribution in [0.3, 0.4) is 0 Å². The van der Waals surface area contributed by atoms with Crippen molar-refractivity contribution >= 4 is 44.4 Å². The number of carbonyl (C=O) groups is 2. The molecule has 0 bridgehead atoms. The van der Waals surface area contributed by atoms with Gasteiger partial charge < -0.3 is 15.1 Å². The second-order valence-corrected chi connectivity index (χ2v) is 12.8. The van der Waals surface area contributed by atoms with Gasteiger partial charge in [0.05, 0.1) is 27.6 Å². The molecule has 3 aromatic rings. The Morgan fingerprint density at radius 2 is 1.73 bits per heavy atom. The number of thiophene rings is 1. The van der Waals surface area contributed by atoms with Crippen molar-refractivity contribution in [2.24, 2.45) is 0 Å². The van der Waals surface area contributed by atoms with E-state index in [9.17, 15) is 18.0 Å². The summed E-state index contributed by atoms with van der Waals surface area (Å²) in [6.07, 6.45) is 0.435. The van der Waals surface area contributed by atoms with Gasteiger partial charge in [-0.15, -0.1) is 11.3 Å². The van der Waals surface area contributed by atoms with Gasteiger partial charge in [-0.2, -0.15) is 0 Å². The maximum absolute atomic E-state index is 13.3. The molecular weight excluding hydrogens is 508 g/mol. The largest absolute Gasteiger partial charge is 0.368 e. The summed E-state index contributed by atoms with van der Waals surface area (Å²) in [7, 11) is -3.10. The molecule has 2 aliphatic rings. The van der Waals surface area contributed by atoms with Gasteiger partial charge in [-0.25, -0.2) is 13.4 Å². The van der Waals surface area contributed by atoms with E-state index in [1.165, 1.54) is 0 Å². The molecule has 2 fully saturated rings. The molecule has 37 heavy (non-hydrogen) atoms. The summed E-state index contributed by atoms with van der Waals surface area (Å²) in [5.74, 6) is 0.461. The molecule has 4 heterocycles. The van der Waals surface area contributed by atoms with Gasteiger partial charge >= 0.3 is 0 Å². The van der Waals surface area contributed by atoms with Crippen LogP contribution in [0.4, 0.5) is 11.5 Å². The zero-order valence-corrected chi connectivity index (χ0v) is 22.6. The number of Topliss-reactive ketones (excluding diaryl/α,β-unsaturated/α-hetero) is 1. The summed E-state index contributed by atoms with van der Waals surface area (Å²) in [5.41, 5.74) is 4.19. The average molecular weight is 539 g/mol. The van der Waals surface area contributed by atoms with Gasteiger partial charge in [0.2, 0.25) is 0 Å². The van der Waals surface area contributed by atoms with Gasteiger partial charge in [0, 0.05) is 43.5 Å². The van der Waals surface area contributed by atoms with Crippen molar-refractivity contribution in [1.82, 2.24) is 10.3 Å². The number of nitrogens with zero attached hydrogens (tertiary/aromatic N) is 3. The van der Waals surface area contributed by atoms with Crippen LogP contribution in [0.2, 0.25) is 0 Å². The van der Waals surface area contributed by atoms with Crippen LogP contribution in [0.15, 0.2) is 47.8 Å². The van der Waals surface area contributed by atoms with Crippen LogP contribution in [0.5, 0.6) is 0 Å². The molecule has 10 heteroatoms. The minimum atomic E-state index is -3.10. The van der Waals surface area contributed by atoms with Gasteiger partial charge in [-0.05, 0) is 73.7 Å². The fraction of sp³-hybridized carbons (Fsp3) is 0.370. The molecule has 2 aliphatic heterocycles. The summed E-state index contributed by atoms with van der Waals surface area (Å²) in [5, 5.41) is 5.00. The second kappa shape index (κ2) is 10.3. The molecule has 1 aromatic carbocycles. The summed E-state index contributed by atoms with van der Waals surface area (Å²) < 4.78 is 23.8. The first-order valence-electron chi connectivity index (χ1n) is 12.4. The number of benzene rings is 1. The Kier molecular flexibility index (Phi) is 7.04. The third-order valence-corrected chi connectivity index (χ3v) is 9.73. The van der Waals surface area contributed by atoms with Crippen molar-refractivity contribution in [1.29, 1.82) is 0 Å². The predicted molar refractivity (Wildman–Crippen MR) is 148 cm³/mol. The van der Waals surface area contributed by atoms with E-state index in [2.05, 4.69) is 26.6 Å². The lowest BCUT2D eigenvalue weighted by molar-refractivity contribution is 0.0940. The van der Waals surface area contributed by atoms with Crippen molar-refractivity contribution in [2.45, 2.75) is 26.3 Å². The first-order valence-corrected chi connectivity index (χ1v) is 15.1. The topological polar surface area (TPSA) is 99.7 Å². The molecule has 0 radical (unpaired) electrons. The van der Waals surface area contributed by atoms with E-state index >= 15 is 0 Å². The summed E-state index contributed by atoms with van der Waals surface area (Å²) >= 11 is 1.62. The van der Waals surface area contributed by atoms with Crippen molar-refractivity contribution < 1.29 is 18.0 Å². The molecule has 0 aliphatic carbocycles. The number of nitrogens with one attached hydrogen (secondary N) is 1. The van der Waals surface area contributed by atoms with E-state index in [0.717, 1.165) is 34.9 Å². The molecule has 5 rings (SSSR count). The highest BCUT2D eigenvalue weighted by molar-refractivity contribution is 7.91. The Hall–Kier alpha value is -3.24. The Bertz CT molecular complexity index is 1420. The number of hydrogen-bond donors (Lipinski definition) is 1. The maximum Gasteiger partial charge on any atom is 0.255 e. The lowest BCUT2D eigenvalue weighted by Crippen LogP contribution is -2.47. The number of hydrogen-bond acceptors (Lipinski definition) is 8. The van der Waals surface area contributed by atoms with Gasteiger partial charge in [-0.3, -0.25) is 9.59 Å². The number of pyridine rings is 1. The van der Waals surface area contributed by atoms with E-state index in [1.54, 1.807) is 24.3 Å². The minimum absolute atomic E-state index is 0.0187. The number of piperazine rings is 1. The number of anilines is 2. The van der Waals surface area contributed by atoms with Gasteiger partial charge in [0.1, 0.15) is 5.82 Å². The number of carbonyl (C=O) groups excluding carboxylic acids is 2. The van der Waals surface area contributed by atoms with Gasteiger partial charge in [-0.1, -0.05) is 0 Å². The summed E-state index contributed by atoms with van der Waals surface area (Å²) in [6.45, 7) is 6.43. The number of amides is 1. The molecule has 0 unspecified atom stereocenters. The zero-order valence-electron chi connectivity index (χ0n) is 20.9. The van der Waals surface area contributed by atoms with E-state index in [0.29, 0.717) is 36.5 Å². The summed E-state index contributed by atoms with van der Waals surface area (Å²) in [4.78, 5) is 35.3. The molecule has 8 nitrogen and oxygen atoms in total. The quantitative estimate of drug-likeness (QED) is 0.479. The lowest BCUT2D eigenvalue weighted by Gasteiger charge is -2.37. The highest BCUT2D eigenvalue weighted by Crippen LogP contribution is 2.30. The van der Waals surface area contributed by atoms with Gasteiger partial charge in [0.15, 0.2) is 15.6 Å². The highest BCUT2D eigenvalue weighted by atomic mass is 32.2. The SMILES string of the molecule is CC(=O)c1ccc(N2CCN(c3nc(-c4cc(C)cs4)ccc3C(=O)N[C@H]3CCS(=O)(=O)C3)CC2)cc1. The van der Waals surface area contributed by atoms with Crippen LogP contribution >= 0.6 is 11.3 Å². The van der Waals surface area contributed by atoms with E-state index in [4.69, 9.17) is 4.98 Å². The van der Waals surface area contributed by atoms with E-state index in [-0.39, 0.29) is 29.2 Å². The lowest BCUT2D eigenvalue weighted by atomic mass is 10.1. The molecule has 1 N–H and O–H groups in total. The number of aryl methyl sites for hydroxylation is 1. The second-order valence-electron chi connectivity index (χ2n) is 9.71. The smallest absolute Gasteiger partial charge is 0.255 e. The molecule has 0 spiro atoms. The Morgan fingerprint density at radius 1 is 1.03 bits per heavy atom. The van der Waals surface area contributed by atoms with Crippen LogP contribution in [0.1, 0.15) is 39.6 Å². The van der Waals surface area contributed by atoms with E-state index in [1.807, 2.05) is 37.3 Å². The number of rotatable bonds is 6. The van der Waals surface area contributed by atoms with Crippen LogP contribution in [0.25, 0.3) is 10.6 Å². The normalized spacial score (nSPS) is 19.1. The number of aromatic nitrogens is 1. The van der Waals surface area contributed by atoms with Crippen LogP contribution in [-0.2, 0) is 9.84 Å². The molecular formula is C27H30N4O4S2.